The zero-order valence-electron chi connectivity index (χ0n) is 15.8. The van der Waals surface area contributed by atoms with E-state index in [9.17, 15) is 14.4 Å². The van der Waals surface area contributed by atoms with E-state index in [1.807, 2.05) is 0 Å². The summed E-state index contributed by atoms with van der Waals surface area (Å²) in [6.07, 6.45) is -0.0414. The minimum Gasteiger partial charge on any atom is -0.478 e. The Morgan fingerprint density at radius 1 is 1.10 bits per heavy atom. The third-order valence-electron chi connectivity index (χ3n) is 4.30. The fourth-order valence-corrected chi connectivity index (χ4v) is 3.70. The van der Waals surface area contributed by atoms with Crippen molar-refractivity contribution in [1.29, 1.82) is 0 Å². The van der Waals surface area contributed by atoms with Crippen molar-refractivity contribution in [2.24, 2.45) is 15.9 Å². The molecule has 1 unspecified atom stereocenters. The number of thioether (sulfide) groups is 1. The molecule has 1 saturated heterocycles. The molecule has 1 aliphatic heterocycles. The van der Waals surface area contributed by atoms with Crippen LogP contribution in [0.25, 0.3) is 0 Å². The largest absolute Gasteiger partial charge is 0.478 e. The number of hydrogen-bond acceptors (Lipinski definition) is 6. The molecule has 30 heavy (non-hydrogen) atoms. The summed E-state index contributed by atoms with van der Waals surface area (Å²) in [5, 5.41) is 16.9. The van der Waals surface area contributed by atoms with E-state index in [0.29, 0.717) is 16.4 Å². The second kappa shape index (κ2) is 9.10. The van der Waals surface area contributed by atoms with Crippen LogP contribution >= 0.6 is 23.4 Å². The first-order chi connectivity index (χ1) is 14.3. The van der Waals surface area contributed by atoms with Crippen LogP contribution in [0.15, 0.2) is 58.7 Å². The average molecular weight is 445 g/mol. The number of carboxylic acids is 1. The highest BCUT2D eigenvalue weighted by molar-refractivity contribution is 8.14. The maximum Gasteiger partial charge on any atom is 0.335 e. The van der Waals surface area contributed by atoms with Crippen molar-refractivity contribution in [1.82, 2.24) is 0 Å². The Balaban J connectivity index is 1.69. The van der Waals surface area contributed by atoms with Gasteiger partial charge in [0.25, 0.3) is 0 Å². The fourth-order valence-electron chi connectivity index (χ4n) is 2.76. The Labute approximate surface area is 181 Å². The second-order valence-corrected chi connectivity index (χ2v) is 8.02. The van der Waals surface area contributed by atoms with Crippen molar-refractivity contribution in [3.05, 3.63) is 64.7 Å². The summed E-state index contributed by atoms with van der Waals surface area (Å²) >= 11 is 6.82. The molecule has 10 heteroatoms. The lowest BCUT2D eigenvalue weighted by molar-refractivity contribution is -0.121. The van der Waals surface area contributed by atoms with Gasteiger partial charge in [0.2, 0.25) is 11.8 Å². The second-order valence-electron chi connectivity index (χ2n) is 6.36. The monoisotopic (exact) mass is 444 g/mol. The minimum absolute atomic E-state index is 0.0414. The number of carbonyl (C=O) groups excluding carboxylic acids is 2. The van der Waals surface area contributed by atoms with Gasteiger partial charge in [-0.3, -0.25) is 9.59 Å². The Morgan fingerprint density at radius 3 is 2.30 bits per heavy atom. The normalized spacial score (nSPS) is 17.5. The number of benzene rings is 2. The summed E-state index contributed by atoms with van der Waals surface area (Å²) in [5.41, 5.74) is 7.70. The molecule has 8 nitrogen and oxygen atoms in total. The molecule has 1 fully saturated rings. The van der Waals surface area contributed by atoms with Gasteiger partial charge in [-0.2, -0.15) is 5.10 Å². The SMILES string of the molecule is C/C(=N\N=C(/N)SC1CC(=O)N(c2ccc(C(=O)O)cc2)C1=O)c1ccc(Cl)cc1. The number of rotatable bonds is 5. The van der Waals surface area contributed by atoms with Crippen molar-refractivity contribution in [2.45, 2.75) is 18.6 Å². The van der Waals surface area contributed by atoms with Crippen LogP contribution in [0.1, 0.15) is 29.3 Å². The van der Waals surface area contributed by atoms with Gasteiger partial charge in [-0.1, -0.05) is 35.5 Å². The zero-order chi connectivity index (χ0) is 21.8. The number of amides is 2. The van der Waals surface area contributed by atoms with E-state index in [1.54, 1.807) is 31.2 Å². The molecule has 3 rings (SSSR count). The standard InChI is InChI=1S/C20H17ClN4O4S/c1-11(12-2-6-14(21)7-3-12)23-24-20(22)30-16-10-17(26)25(18(16)27)15-8-4-13(5-9-15)19(28)29/h2-9,16H,10H2,1H3,(H2,22,24)(H,28,29)/b23-11+. The molecule has 154 valence electrons. The highest BCUT2D eigenvalue weighted by Gasteiger charge is 2.40. The van der Waals surface area contributed by atoms with Crippen molar-refractivity contribution in [2.75, 3.05) is 4.90 Å². The molecular formula is C20H17ClN4O4S. The quantitative estimate of drug-likeness (QED) is 0.316. The van der Waals surface area contributed by atoms with Gasteiger partial charge in [0.15, 0.2) is 5.17 Å². The van der Waals surface area contributed by atoms with E-state index in [-0.39, 0.29) is 17.2 Å². The number of amidine groups is 1. The van der Waals surface area contributed by atoms with Crippen LogP contribution in [-0.4, -0.2) is 39.0 Å². The summed E-state index contributed by atoms with van der Waals surface area (Å²) in [7, 11) is 0. The Morgan fingerprint density at radius 2 is 1.70 bits per heavy atom. The van der Waals surface area contributed by atoms with Crippen molar-refractivity contribution in [3.8, 4) is 0 Å². The van der Waals surface area contributed by atoms with Gasteiger partial charge < -0.3 is 10.8 Å². The van der Waals surface area contributed by atoms with Crippen LogP contribution in [0.2, 0.25) is 5.02 Å². The van der Waals surface area contributed by atoms with Gasteiger partial charge in [0, 0.05) is 11.4 Å². The summed E-state index contributed by atoms with van der Waals surface area (Å²) < 4.78 is 0. The van der Waals surface area contributed by atoms with Gasteiger partial charge in [-0.25, -0.2) is 9.69 Å². The lowest BCUT2D eigenvalue weighted by atomic mass is 10.1. The van der Waals surface area contributed by atoms with Gasteiger partial charge in [0.1, 0.15) is 5.25 Å². The lowest BCUT2D eigenvalue weighted by Gasteiger charge is -2.14. The van der Waals surface area contributed by atoms with Crippen LogP contribution in [0.4, 0.5) is 5.69 Å². The molecule has 2 aromatic rings. The van der Waals surface area contributed by atoms with Crippen molar-refractivity contribution < 1.29 is 19.5 Å². The predicted molar refractivity (Wildman–Crippen MR) is 117 cm³/mol. The van der Waals surface area contributed by atoms with E-state index in [0.717, 1.165) is 22.2 Å². The molecular weight excluding hydrogens is 428 g/mol. The Hall–Kier alpha value is -3.17. The van der Waals surface area contributed by atoms with Gasteiger partial charge in [-0.15, -0.1) is 5.10 Å². The van der Waals surface area contributed by atoms with Crippen LogP contribution in [0.3, 0.4) is 0 Å². The Bertz CT molecular complexity index is 1050. The maximum atomic E-state index is 12.7. The van der Waals surface area contributed by atoms with E-state index in [1.165, 1.54) is 24.3 Å². The summed E-state index contributed by atoms with van der Waals surface area (Å²) in [5.74, 6) is -1.92. The van der Waals surface area contributed by atoms with Crippen LogP contribution < -0.4 is 10.6 Å². The molecule has 0 aromatic heterocycles. The first-order valence-corrected chi connectivity index (χ1v) is 10.0. The van der Waals surface area contributed by atoms with Gasteiger partial charge >= 0.3 is 5.97 Å². The van der Waals surface area contributed by atoms with Crippen LogP contribution in [-0.2, 0) is 9.59 Å². The van der Waals surface area contributed by atoms with E-state index >= 15 is 0 Å². The zero-order valence-corrected chi connectivity index (χ0v) is 17.4. The van der Waals surface area contributed by atoms with Crippen LogP contribution in [0.5, 0.6) is 0 Å². The number of aromatic carboxylic acids is 1. The maximum absolute atomic E-state index is 12.7. The Kier molecular flexibility index (Phi) is 6.53. The molecule has 3 N–H and O–H groups in total. The topological polar surface area (TPSA) is 125 Å². The third-order valence-corrected chi connectivity index (χ3v) is 5.53. The lowest BCUT2D eigenvalue weighted by Crippen LogP contribution is -2.31. The summed E-state index contributed by atoms with van der Waals surface area (Å²) in [4.78, 5) is 37.0. The van der Waals surface area contributed by atoms with E-state index in [4.69, 9.17) is 22.4 Å². The smallest absolute Gasteiger partial charge is 0.335 e. The first kappa shape index (κ1) is 21.5. The van der Waals surface area contributed by atoms with Gasteiger partial charge in [0.05, 0.1) is 17.0 Å². The number of carboxylic acid groups (broad SMARTS) is 1. The average Bonchev–Trinajstić information content (AvgIpc) is 2.99. The predicted octanol–water partition coefficient (Wildman–Crippen LogP) is 3.14. The fraction of sp³-hybridized carbons (Fsp3) is 0.150. The third kappa shape index (κ3) is 4.87. The molecule has 0 spiro atoms. The van der Waals surface area contributed by atoms with Crippen molar-refractivity contribution >= 4 is 57.7 Å². The number of hydrogen-bond donors (Lipinski definition) is 2. The number of halogens is 1. The molecule has 0 bridgehead atoms. The summed E-state index contributed by atoms with van der Waals surface area (Å²) in [6, 6.07) is 12.6. The molecule has 0 aliphatic carbocycles. The number of imide groups is 1. The number of anilines is 1. The minimum atomic E-state index is -1.09. The summed E-state index contributed by atoms with van der Waals surface area (Å²) in [6.45, 7) is 1.76. The van der Waals surface area contributed by atoms with E-state index < -0.39 is 23.0 Å². The molecule has 1 atom stereocenters. The molecule has 1 aliphatic rings. The molecule has 1 heterocycles. The van der Waals surface area contributed by atoms with Crippen molar-refractivity contribution in [3.63, 3.8) is 0 Å². The number of nitrogens with two attached hydrogens (primary N) is 1. The van der Waals surface area contributed by atoms with Gasteiger partial charge in [-0.05, 0) is 48.9 Å². The highest BCUT2D eigenvalue weighted by Crippen LogP contribution is 2.30. The number of nitrogens with zero attached hydrogens (tertiary/aromatic N) is 3. The van der Waals surface area contributed by atoms with Crippen LogP contribution in [0, 0.1) is 0 Å². The molecule has 0 saturated carbocycles. The van der Waals surface area contributed by atoms with E-state index in [2.05, 4.69) is 10.2 Å². The molecule has 0 radical (unpaired) electrons. The number of carbonyl (C=O) groups is 3. The highest BCUT2D eigenvalue weighted by atomic mass is 35.5. The first-order valence-electron chi connectivity index (χ1n) is 8.76. The molecule has 2 amide bonds. The molecule has 2 aromatic carbocycles.